The SMILES string of the molecule is Nc1cc(Br)ccc1SCC1CCNC1. The standard InChI is InChI=1S/C11H15BrN2S/c12-9-1-2-11(10(13)5-9)15-7-8-3-4-14-6-8/h1-2,5,8,14H,3-4,6-7,13H2. The Bertz CT molecular complexity index is 337. The van der Waals surface area contributed by atoms with Crippen LogP contribution in [0.5, 0.6) is 0 Å². The van der Waals surface area contributed by atoms with Crippen LogP contribution in [0.2, 0.25) is 0 Å². The van der Waals surface area contributed by atoms with E-state index in [2.05, 4.69) is 27.3 Å². The zero-order chi connectivity index (χ0) is 10.7. The number of anilines is 1. The number of nitrogen functional groups attached to an aromatic ring is 1. The van der Waals surface area contributed by atoms with E-state index in [1.165, 1.54) is 23.6 Å². The summed E-state index contributed by atoms with van der Waals surface area (Å²) in [5.41, 5.74) is 6.81. The molecule has 0 saturated carbocycles. The maximum absolute atomic E-state index is 5.94. The zero-order valence-corrected chi connectivity index (χ0v) is 10.9. The molecule has 0 amide bonds. The smallest absolute Gasteiger partial charge is 0.0463 e. The molecule has 3 N–H and O–H groups in total. The van der Waals surface area contributed by atoms with Crippen molar-refractivity contribution in [1.29, 1.82) is 0 Å². The third kappa shape index (κ3) is 3.13. The molecule has 1 unspecified atom stereocenters. The summed E-state index contributed by atoms with van der Waals surface area (Å²) in [6, 6.07) is 6.10. The van der Waals surface area contributed by atoms with Gasteiger partial charge in [0.1, 0.15) is 0 Å². The summed E-state index contributed by atoms with van der Waals surface area (Å²) in [6.45, 7) is 2.32. The van der Waals surface area contributed by atoms with Crippen molar-refractivity contribution in [3.63, 3.8) is 0 Å². The molecule has 1 fully saturated rings. The molecule has 0 spiro atoms. The van der Waals surface area contributed by atoms with Crippen molar-refractivity contribution in [3.8, 4) is 0 Å². The highest BCUT2D eigenvalue weighted by atomic mass is 79.9. The third-order valence-electron chi connectivity index (χ3n) is 2.61. The van der Waals surface area contributed by atoms with Crippen LogP contribution >= 0.6 is 27.7 Å². The lowest BCUT2D eigenvalue weighted by Gasteiger charge is -2.09. The van der Waals surface area contributed by atoms with E-state index in [-0.39, 0.29) is 0 Å². The van der Waals surface area contributed by atoms with E-state index in [9.17, 15) is 0 Å². The van der Waals surface area contributed by atoms with Gasteiger partial charge in [-0.15, -0.1) is 11.8 Å². The average molecular weight is 287 g/mol. The van der Waals surface area contributed by atoms with E-state index >= 15 is 0 Å². The highest BCUT2D eigenvalue weighted by molar-refractivity contribution is 9.10. The molecule has 1 aromatic carbocycles. The number of hydrogen-bond acceptors (Lipinski definition) is 3. The van der Waals surface area contributed by atoms with Crippen LogP contribution in [0, 0.1) is 5.92 Å². The van der Waals surface area contributed by atoms with Gasteiger partial charge in [-0.25, -0.2) is 0 Å². The van der Waals surface area contributed by atoms with Crippen LogP contribution in [0.15, 0.2) is 27.6 Å². The molecule has 0 bridgehead atoms. The van der Waals surface area contributed by atoms with Crippen LogP contribution in [0.3, 0.4) is 0 Å². The lowest BCUT2D eigenvalue weighted by atomic mass is 10.2. The molecule has 2 rings (SSSR count). The summed E-state index contributed by atoms with van der Waals surface area (Å²) < 4.78 is 1.05. The maximum atomic E-state index is 5.94. The van der Waals surface area contributed by atoms with Crippen LogP contribution in [0.25, 0.3) is 0 Å². The first kappa shape index (κ1) is 11.3. The quantitative estimate of drug-likeness (QED) is 0.663. The number of rotatable bonds is 3. The summed E-state index contributed by atoms with van der Waals surface area (Å²) >= 11 is 5.28. The summed E-state index contributed by atoms with van der Waals surface area (Å²) in [4.78, 5) is 1.20. The molecule has 15 heavy (non-hydrogen) atoms. The molecule has 1 aromatic rings. The van der Waals surface area contributed by atoms with Gasteiger partial charge < -0.3 is 11.1 Å². The molecule has 82 valence electrons. The molecule has 0 aliphatic carbocycles. The van der Waals surface area contributed by atoms with E-state index in [1.54, 1.807) is 0 Å². The van der Waals surface area contributed by atoms with Crippen LogP contribution in [0.4, 0.5) is 5.69 Å². The predicted molar refractivity (Wildman–Crippen MR) is 70.3 cm³/mol. The lowest BCUT2D eigenvalue weighted by molar-refractivity contribution is 0.663. The molecule has 4 heteroatoms. The second-order valence-electron chi connectivity index (χ2n) is 3.85. The van der Waals surface area contributed by atoms with Gasteiger partial charge >= 0.3 is 0 Å². The van der Waals surface area contributed by atoms with E-state index < -0.39 is 0 Å². The summed E-state index contributed by atoms with van der Waals surface area (Å²) in [7, 11) is 0. The maximum Gasteiger partial charge on any atom is 0.0463 e. The molecular formula is C11H15BrN2S. The van der Waals surface area contributed by atoms with E-state index in [0.29, 0.717) is 0 Å². The molecule has 0 radical (unpaired) electrons. The van der Waals surface area contributed by atoms with Gasteiger partial charge in [0.2, 0.25) is 0 Å². The van der Waals surface area contributed by atoms with Gasteiger partial charge in [-0.2, -0.15) is 0 Å². The summed E-state index contributed by atoms with van der Waals surface area (Å²) in [5.74, 6) is 1.97. The fourth-order valence-corrected chi connectivity index (χ4v) is 3.18. The van der Waals surface area contributed by atoms with Crippen molar-refractivity contribution >= 4 is 33.4 Å². The Morgan fingerprint density at radius 3 is 3.07 bits per heavy atom. The first-order valence-corrected chi connectivity index (χ1v) is 6.92. The monoisotopic (exact) mass is 286 g/mol. The fraction of sp³-hybridized carbons (Fsp3) is 0.455. The first-order chi connectivity index (χ1) is 7.25. The molecule has 0 aromatic heterocycles. The van der Waals surface area contributed by atoms with Crippen LogP contribution in [0.1, 0.15) is 6.42 Å². The van der Waals surface area contributed by atoms with Gasteiger partial charge in [-0.05, 0) is 43.6 Å². The molecule has 1 saturated heterocycles. The van der Waals surface area contributed by atoms with E-state index in [4.69, 9.17) is 5.73 Å². The molecular weight excluding hydrogens is 272 g/mol. The van der Waals surface area contributed by atoms with Crippen molar-refractivity contribution in [2.45, 2.75) is 11.3 Å². The van der Waals surface area contributed by atoms with Crippen molar-refractivity contribution in [2.75, 3.05) is 24.6 Å². The zero-order valence-electron chi connectivity index (χ0n) is 8.50. The number of nitrogens with two attached hydrogens (primary N) is 1. The fourth-order valence-electron chi connectivity index (χ4n) is 1.72. The van der Waals surface area contributed by atoms with Crippen molar-refractivity contribution in [2.24, 2.45) is 5.92 Å². The molecule has 2 nitrogen and oxygen atoms in total. The number of nitrogens with one attached hydrogen (secondary N) is 1. The largest absolute Gasteiger partial charge is 0.398 e. The van der Waals surface area contributed by atoms with Gasteiger partial charge in [-0.3, -0.25) is 0 Å². The second-order valence-corrected chi connectivity index (χ2v) is 5.83. The summed E-state index contributed by atoms with van der Waals surface area (Å²) in [6.07, 6.45) is 1.30. The van der Waals surface area contributed by atoms with Gasteiger partial charge in [0.15, 0.2) is 0 Å². The number of hydrogen-bond donors (Lipinski definition) is 2. The van der Waals surface area contributed by atoms with Crippen LogP contribution in [-0.2, 0) is 0 Å². The Kier molecular flexibility index (Phi) is 3.94. The highest BCUT2D eigenvalue weighted by Gasteiger charge is 2.14. The Morgan fingerprint density at radius 1 is 1.53 bits per heavy atom. The normalized spacial score (nSPS) is 20.7. The highest BCUT2D eigenvalue weighted by Crippen LogP contribution is 2.30. The number of thioether (sulfide) groups is 1. The Morgan fingerprint density at radius 2 is 2.40 bits per heavy atom. The van der Waals surface area contributed by atoms with Gasteiger partial charge in [0.25, 0.3) is 0 Å². The van der Waals surface area contributed by atoms with Crippen LogP contribution < -0.4 is 11.1 Å². The minimum atomic E-state index is 0.804. The van der Waals surface area contributed by atoms with Crippen molar-refractivity contribution in [1.82, 2.24) is 5.32 Å². The summed E-state index contributed by atoms with van der Waals surface area (Å²) in [5, 5.41) is 3.38. The Hall–Kier alpha value is -0.190. The minimum Gasteiger partial charge on any atom is -0.398 e. The lowest BCUT2D eigenvalue weighted by Crippen LogP contribution is -2.10. The minimum absolute atomic E-state index is 0.804. The first-order valence-electron chi connectivity index (χ1n) is 5.14. The molecule has 1 aliphatic heterocycles. The van der Waals surface area contributed by atoms with Gasteiger partial charge in [0, 0.05) is 20.8 Å². The van der Waals surface area contributed by atoms with Crippen molar-refractivity contribution < 1.29 is 0 Å². The van der Waals surface area contributed by atoms with E-state index in [1.807, 2.05) is 23.9 Å². The molecule has 1 atom stereocenters. The molecule has 1 aliphatic rings. The van der Waals surface area contributed by atoms with Crippen LogP contribution in [-0.4, -0.2) is 18.8 Å². The van der Waals surface area contributed by atoms with Crippen molar-refractivity contribution in [3.05, 3.63) is 22.7 Å². The predicted octanol–water partition coefficient (Wildman–Crippen LogP) is 2.73. The van der Waals surface area contributed by atoms with Gasteiger partial charge in [0.05, 0.1) is 0 Å². The number of halogens is 1. The van der Waals surface area contributed by atoms with Gasteiger partial charge in [-0.1, -0.05) is 15.9 Å². The second kappa shape index (κ2) is 5.23. The Balaban J connectivity index is 1.92. The van der Waals surface area contributed by atoms with E-state index in [0.717, 1.165) is 22.6 Å². The number of benzene rings is 1. The Labute approximate surface area is 103 Å². The topological polar surface area (TPSA) is 38.0 Å². The average Bonchev–Trinajstić information content (AvgIpc) is 2.69. The third-order valence-corrected chi connectivity index (χ3v) is 4.42. The molecule has 1 heterocycles.